The van der Waals surface area contributed by atoms with Gasteiger partial charge in [-0.3, -0.25) is 14.9 Å². The smallest absolute Gasteiger partial charge is 0.311 e. The number of nitro benzene ring substituents is 1. The van der Waals surface area contributed by atoms with Crippen molar-refractivity contribution in [2.45, 2.75) is 0 Å². The average molecular weight is 310 g/mol. The van der Waals surface area contributed by atoms with Crippen LogP contribution >= 0.6 is 23.4 Å². The van der Waals surface area contributed by atoms with Crippen LogP contribution in [0.25, 0.3) is 6.08 Å². The molecule has 1 aliphatic heterocycles. The molecule has 8 heteroatoms. The van der Waals surface area contributed by atoms with Crippen molar-refractivity contribution >= 4 is 46.2 Å². The summed E-state index contributed by atoms with van der Waals surface area (Å²) in [6.45, 7) is 0. The lowest BCUT2D eigenvalue weighted by Crippen LogP contribution is -2.08. The summed E-state index contributed by atoms with van der Waals surface area (Å²) in [7, 11) is 0. The summed E-state index contributed by atoms with van der Waals surface area (Å²) in [6, 6.07) is 5.91. The van der Waals surface area contributed by atoms with Gasteiger partial charge < -0.3 is 5.73 Å². The molecule has 1 heterocycles. The van der Waals surface area contributed by atoms with E-state index in [1.165, 1.54) is 18.2 Å². The zero-order chi connectivity index (χ0) is 14.7. The third kappa shape index (κ3) is 3.46. The largest absolute Gasteiger partial charge is 0.383 e. The average Bonchev–Trinajstić information content (AvgIpc) is 2.68. The van der Waals surface area contributed by atoms with Crippen molar-refractivity contribution in [2.24, 2.45) is 10.7 Å². The van der Waals surface area contributed by atoms with E-state index >= 15 is 0 Å². The highest BCUT2D eigenvalue weighted by Gasteiger charge is 2.18. The molecular formula is C12H8ClN3O3S. The number of carbonyl (C=O) groups is 1. The molecular weight excluding hydrogens is 302 g/mol. The molecule has 0 saturated heterocycles. The number of nitro groups is 1. The Morgan fingerprint density at radius 1 is 1.40 bits per heavy atom. The first-order chi connectivity index (χ1) is 9.45. The number of amidine groups is 1. The summed E-state index contributed by atoms with van der Waals surface area (Å²) in [4.78, 5) is 25.1. The van der Waals surface area contributed by atoms with Crippen LogP contribution in [0.2, 0.25) is 0 Å². The van der Waals surface area contributed by atoms with E-state index < -0.39 is 4.92 Å². The molecule has 0 fully saturated rings. The number of hydrogen-bond donors (Lipinski definition) is 1. The molecule has 6 nitrogen and oxygen atoms in total. The van der Waals surface area contributed by atoms with E-state index in [0.717, 1.165) is 11.8 Å². The number of rotatable bonds is 3. The van der Waals surface area contributed by atoms with Crippen LogP contribution < -0.4 is 5.73 Å². The van der Waals surface area contributed by atoms with Gasteiger partial charge in [-0.1, -0.05) is 11.6 Å². The van der Waals surface area contributed by atoms with Crippen molar-refractivity contribution in [1.29, 1.82) is 0 Å². The first-order valence-corrected chi connectivity index (χ1v) is 6.55. The van der Waals surface area contributed by atoms with Crippen LogP contribution in [-0.2, 0) is 0 Å². The fourth-order valence-corrected chi connectivity index (χ4v) is 2.41. The van der Waals surface area contributed by atoms with Gasteiger partial charge in [-0.25, -0.2) is 0 Å². The van der Waals surface area contributed by atoms with E-state index in [1.54, 1.807) is 18.2 Å². The Kier molecular flexibility index (Phi) is 4.21. The molecule has 0 saturated carbocycles. The molecule has 1 aromatic rings. The molecule has 0 aromatic heterocycles. The molecule has 1 aliphatic rings. The lowest BCUT2D eigenvalue weighted by molar-refractivity contribution is -0.384. The molecule has 0 unspecified atom stereocenters. The number of benzene rings is 1. The summed E-state index contributed by atoms with van der Waals surface area (Å²) in [5.74, 6) is 0.134. The highest BCUT2D eigenvalue weighted by molar-refractivity contribution is 8.18. The summed E-state index contributed by atoms with van der Waals surface area (Å²) < 4.78 is 0. The minimum atomic E-state index is -0.477. The van der Waals surface area contributed by atoms with Crippen molar-refractivity contribution in [2.75, 3.05) is 0 Å². The van der Waals surface area contributed by atoms with Gasteiger partial charge in [0.25, 0.3) is 5.69 Å². The first kappa shape index (κ1) is 14.3. The zero-order valence-corrected chi connectivity index (χ0v) is 11.5. The number of nitrogens with two attached hydrogens (primary N) is 1. The van der Waals surface area contributed by atoms with Crippen LogP contribution in [0.1, 0.15) is 5.56 Å². The number of allylic oxidation sites excluding steroid dienone is 2. The van der Waals surface area contributed by atoms with Crippen molar-refractivity contribution in [1.82, 2.24) is 0 Å². The predicted molar refractivity (Wildman–Crippen MR) is 79.6 cm³/mol. The Morgan fingerprint density at radius 2 is 2.05 bits per heavy atom. The van der Waals surface area contributed by atoms with E-state index in [0.29, 0.717) is 15.5 Å². The molecule has 1 aromatic carbocycles. The van der Waals surface area contributed by atoms with Gasteiger partial charge in [0.15, 0.2) is 0 Å². The fourth-order valence-electron chi connectivity index (χ4n) is 1.44. The summed E-state index contributed by atoms with van der Waals surface area (Å²) in [5, 5.41) is 10.5. The van der Waals surface area contributed by atoms with Gasteiger partial charge in [-0.05, 0) is 41.6 Å². The highest BCUT2D eigenvalue weighted by Crippen LogP contribution is 2.27. The van der Waals surface area contributed by atoms with E-state index in [1.807, 2.05) is 0 Å². The highest BCUT2D eigenvalue weighted by atomic mass is 35.5. The molecule has 0 bridgehead atoms. The quantitative estimate of drug-likeness (QED) is 0.682. The lowest BCUT2D eigenvalue weighted by atomic mass is 10.2. The number of hydrogen-bond acceptors (Lipinski definition) is 5. The van der Waals surface area contributed by atoms with Crippen LogP contribution in [-0.4, -0.2) is 16.0 Å². The Hall–Kier alpha value is -2.12. The molecule has 102 valence electrons. The summed E-state index contributed by atoms with van der Waals surface area (Å²) >= 11 is 6.92. The normalized spacial score (nSPS) is 17.4. The van der Waals surface area contributed by atoms with E-state index in [4.69, 9.17) is 17.3 Å². The van der Waals surface area contributed by atoms with E-state index in [2.05, 4.69) is 4.99 Å². The van der Waals surface area contributed by atoms with Gasteiger partial charge >= 0.3 is 5.24 Å². The number of amides is 1. The molecule has 2 rings (SSSR count). The van der Waals surface area contributed by atoms with Gasteiger partial charge in [0, 0.05) is 17.2 Å². The molecule has 2 N–H and O–H groups in total. The van der Waals surface area contributed by atoms with Crippen molar-refractivity contribution in [3.63, 3.8) is 0 Å². The Labute approximate surface area is 123 Å². The number of carbonyl (C=O) groups excluding carboxylic acids is 1. The monoisotopic (exact) mass is 309 g/mol. The maximum Gasteiger partial charge on any atom is 0.311 e. The number of aliphatic imine (C=N–C) groups is 1. The van der Waals surface area contributed by atoms with Crippen LogP contribution in [0, 0.1) is 10.1 Å². The number of thioether (sulfide) groups is 1. The molecule has 0 radical (unpaired) electrons. The van der Waals surface area contributed by atoms with Crippen LogP contribution in [0.15, 0.2) is 45.3 Å². The van der Waals surface area contributed by atoms with Crippen molar-refractivity contribution in [3.05, 3.63) is 56.0 Å². The SMILES string of the molecule is NC1=NC(=O)S/C1=C\C(Cl)=C\c1ccc([N+](=O)[O-])cc1. The second-order valence-electron chi connectivity index (χ2n) is 3.75. The zero-order valence-electron chi connectivity index (χ0n) is 9.95. The van der Waals surface area contributed by atoms with Crippen LogP contribution in [0.3, 0.4) is 0 Å². The lowest BCUT2D eigenvalue weighted by Gasteiger charge is -1.97. The predicted octanol–water partition coefficient (Wildman–Crippen LogP) is 3.28. The third-order valence-corrected chi connectivity index (χ3v) is 3.37. The van der Waals surface area contributed by atoms with Crippen LogP contribution in [0.5, 0.6) is 0 Å². The molecule has 0 aliphatic carbocycles. The maximum atomic E-state index is 11.0. The van der Waals surface area contributed by atoms with Crippen LogP contribution in [0.4, 0.5) is 10.5 Å². The summed E-state index contributed by atoms with van der Waals surface area (Å²) in [5.41, 5.74) is 6.24. The fraction of sp³-hybridized carbons (Fsp3) is 0. The van der Waals surface area contributed by atoms with E-state index in [-0.39, 0.29) is 16.8 Å². The van der Waals surface area contributed by atoms with E-state index in [9.17, 15) is 14.9 Å². The Morgan fingerprint density at radius 3 is 2.55 bits per heavy atom. The number of halogens is 1. The topological polar surface area (TPSA) is 98.6 Å². The number of non-ortho nitro benzene ring substituents is 1. The third-order valence-electron chi connectivity index (χ3n) is 2.34. The first-order valence-electron chi connectivity index (χ1n) is 5.35. The maximum absolute atomic E-state index is 11.0. The minimum Gasteiger partial charge on any atom is -0.383 e. The minimum absolute atomic E-state index is 0.00458. The molecule has 0 spiro atoms. The summed E-state index contributed by atoms with van der Waals surface area (Å²) in [6.07, 6.45) is 3.13. The second-order valence-corrected chi connectivity index (χ2v) is 5.18. The number of nitrogens with zero attached hydrogens (tertiary/aromatic N) is 2. The van der Waals surface area contributed by atoms with Crippen molar-refractivity contribution in [3.8, 4) is 0 Å². The van der Waals surface area contributed by atoms with Gasteiger partial charge in [0.05, 0.1) is 9.83 Å². The van der Waals surface area contributed by atoms with Gasteiger partial charge in [0.2, 0.25) is 0 Å². The standard InChI is InChI=1S/C12H8ClN3O3S/c13-8(6-10-11(14)15-12(17)20-10)5-7-1-3-9(4-2-7)16(18)19/h1-6H,(H2,14,15,17)/b8-5-,10-6-. The van der Waals surface area contributed by atoms with Crippen molar-refractivity contribution < 1.29 is 9.72 Å². The Bertz CT molecular complexity index is 665. The molecule has 20 heavy (non-hydrogen) atoms. The molecule has 1 amide bonds. The van der Waals surface area contributed by atoms with Gasteiger partial charge in [0.1, 0.15) is 5.84 Å². The molecule has 0 atom stereocenters. The van der Waals surface area contributed by atoms with Gasteiger partial charge in [-0.2, -0.15) is 4.99 Å². The van der Waals surface area contributed by atoms with Gasteiger partial charge in [-0.15, -0.1) is 0 Å². The Balaban J connectivity index is 2.19. The second kappa shape index (κ2) is 5.89.